The maximum Gasteiger partial charge on any atom is 0.150 e. The van der Waals surface area contributed by atoms with Crippen LogP contribution in [0.5, 0.6) is 0 Å². The summed E-state index contributed by atoms with van der Waals surface area (Å²) in [7, 11) is 0. The molecule has 0 aliphatic rings. The Morgan fingerprint density at radius 3 is 1.56 bits per heavy atom. The highest BCUT2D eigenvalue weighted by Gasteiger charge is 1.77. The van der Waals surface area contributed by atoms with Gasteiger partial charge in [-0.2, -0.15) is 0 Å². The van der Waals surface area contributed by atoms with Crippen molar-refractivity contribution in [3.05, 3.63) is 95.7 Å². The van der Waals surface area contributed by atoms with Crippen LogP contribution in [0, 0.1) is 0 Å². The van der Waals surface area contributed by atoms with Gasteiger partial charge in [-0.25, -0.2) is 0 Å². The molecular formula is C30H50O4. The highest BCUT2D eigenvalue weighted by molar-refractivity contribution is 5.65. The molecule has 0 bridgehead atoms. The summed E-state index contributed by atoms with van der Waals surface area (Å²) in [6, 6.07) is 0. The lowest BCUT2D eigenvalue weighted by molar-refractivity contribution is -0.104. The largest absolute Gasteiger partial charge is 0.497 e. The first-order valence-corrected chi connectivity index (χ1v) is 10.4. The smallest absolute Gasteiger partial charge is 0.150 e. The maximum atomic E-state index is 9.58. The molecule has 0 aromatic carbocycles. The van der Waals surface area contributed by atoms with E-state index in [0.29, 0.717) is 12.9 Å². The highest BCUT2D eigenvalue weighted by atomic mass is 16.5. The first-order valence-electron chi connectivity index (χ1n) is 10.4. The Kier molecular flexibility index (Phi) is 52.7. The molecule has 0 unspecified atom stereocenters. The highest BCUT2D eigenvalue weighted by Crippen LogP contribution is 1.92. The summed E-state index contributed by atoms with van der Waals surface area (Å²) in [5.41, 5.74) is 10.9. The van der Waals surface area contributed by atoms with Gasteiger partial charge >= 0.3 is 0 Å². The van der Waals surface area contributed by atoms with Gasteiger partial charge in [-0.3, -0.25) is 9.59 Å². The molecule has 0 saturated heterocycles. The van der Waals surface area contributed by atoms with Gasteiger partial charge in [0.05, 0.1) is 12.9 Å². The quantitative estimate of drug-likeness (QED) is 0.0771. The lowest BCUT2D eigenvalue weighted by Gasteiger charge is -1.94. The number of rotatable bonds is 7. The monoisotopic (exact) mass is 474 g/mol. The molecule has 34 heavy (non-hydrogen) atoms. The number of carbonyl (C=O) groups excluding carboxylic acids is 2. The van der Waals surface area contributed by atoms with Crippen molar-refractivity contribution >= 4 is 12.6 Å². The predicted octanol–water partition coefficient (Wildman–Crippen LogP) is 8.06. The minimum Gasteiger partial charge on any atom is -0.497 e. The van der Waals surface area contributed by atoms with Crippen molar-refractivity contribution in [3.63, 3.8) is 0 Å². The number of aldehydes is 2. The van der Waals surface area contributed by atoms with Crippen LogP contribution in [-0.4, -0.2) is 30.9 Å². The third-order valence-electron chi connectivity index (χ3n) is 2.36. The molecule has 4 nitrogen and oxygen atoms in total. The van der Waals surface area contributed by atoms with E-state index >= 15 is 0 Å². The molecule has 0 fully saturated rings. The second-order valence-corrected chi connectivity index (χ2v) is 7.24. The average molecular weight is 475 g/mol. The Balaban J connectivity index is -0.0000000751. The van der Waals surface area contributed by atoms with Crippen molar-refractivity contribution in [2.75, 3.05) is 13.2 Å². The van der Waals surface area contributed by atoms with Crippen LogP contribution in [0.3, 0.4) is 0 Å². The van der Waals surface area contributed by atoms with E-state index in [1.807, 2.05) is 74.5 Å². The average Bonchev–Trinajstić information content (AvgIpc) is 2.73. The molecule has 0 radical (unpaired) electrons. The molecule has 0 amide bonds. The minimum atomic E-state index is 0. The molecule has 0 atom stereocenters. The number of hydrogen-bond donors (Lipinski definition) is 1. The van der Waals surface area contributed by atoms with E-state index in [-0.39, 0.29) is 14.0 Å². The number of aliphatic hydroxyl groups excluding tert-OH is 1. The molecular weight excluding hydrogens is 424 g/mol. The summed E-state index contributed by atoms with van der Waals surface area (Å²) in [6.07, 6.45) is 11.4. The summed E-state index contributed by atoms with van der Waals surface area (Å²) < 4.78 is 5.14. The second-order valence-electron chi connectivity index (χ2n) is 7.24. The Morgan fingerprint density at radius 1 is 0.912 bits per heavy atom. The van der Waals surface area contributed by atoms with Crippen molar-refractivity contribution in [2.45, 2.75) is 69.7 Å². The number of allylic oxidation sites excluding steroid dienone is 7. The zero-order valence-corrected chi connectivity index (χ0v) is 22.3. The van der Waals surface area contributed by atoms with E-state index < -0.39 is 0 Å². The Hall–Kier alpha value is -3.16. The third kappa shape index (κ3) is 101. The summed E-state index contributed by atoms with van der Waals surface area (Å²) in [6.45, 7) is 28.6. The Bertz CT molecular complexity index is 703. The van der Waals surface area contributed by atoms with Gasteiger partial charge in [0.15, 0.2) is 6.29 Å². The maximum absolute atomic E-state index is 9.58. The topological polar surface area (TPSA) is 63.6 Å². The standard InChI is InChI=1S/C10H16O.C6H8O.C5H8O.C5H8.C3H6O.CH4/c1-9(2)5-7-11-8-6-10(3)4;1-6(2)4-3-5-7;1-5(2)3-4-6;1-4-5(2)3;1-2-3-4;/h5-7H,1,8H2,2-4H3;3,5H,1-2H3;3-4H,1-2H3;1H2,2-3H3;2,4H,1,3H2;1H4/b7-5+;;;;;. The first-order chi connectivity index (χ1) is 15.4. The molecule has 0 aliphatic heterocycles. The van der Waals surface area contributed by atoms with E-state index in [2.05, 4.69) is 31.2 Å². The fourth-order valence-corrected chi connectivity index (χ4v) is 0.771. The van der Waals surface area contributed by atoms with E-state index in [9.17, 15) is 9.59 Å². The zero-order chi connectivity index (χ0) is 27.1. The molecule has 1 N–H and O–H groups in total. The molecule has 0 spiro atoms. The van der Waals surface area contributed by atoms with Gasteiger partial charge in [0, 0.05) is 6.08 Å². The molecule has 194 valence electrons. The van der Waals surface area contributed by atoms with Crippen LogP contribution in [0.25, 0.3) is 0 Å². The first kappa shape index (κ1) is 44.5. The van der Waals surface area contributed by atoms with Crippen molar-refractivity contribution in [1.29, 1.82) is 0 Å². The van der Waals surface area contributed by atoms with Gasteiger partial charge in [0.1, 0.15) is 12.9 Å². The van der Waals surface area contributed by atoms with Crippen molar-refractivity contribution in [2.24, 2.45) is 0 Å². The second kappa shape index (κ2) is 40.2. The van der Waals surface area contributed by atoms with Gasteiger partial charge < -0.3 is 9.84 Å². The lowest BCUT2D eigenvalue weighted by atomic mass is 10.3. The van der Waals surface area contributed by atoms with Crippen molar-refractivity contribution in [1.82, 2.24) is 0 Å². The molecule has 0 aliphatic carbocycles. The van der Waals surface area contributed by atoms with E-state index in [1.54, 1.807) is 6.26 Å². The molecule has 0 aromatic rings. The van der Waals surface area contributed by atoms with Gasteiger partial charge in [-0.15, -0.1) is 18.0 Å². The van der Waals surface area contributed by atoms with Crippen LogP contribution in [-0.2, 0) is 14.3 Å². The lowest BCUT2D eigenvalue weighted by Crippen LogP contribution is -1.81. The van der Waals surface area contributed by atoms with Crippen LogP contribution >= 0.6 is 0 Å². The Morgan fingerprint density at radius 2 is 1.38 bits per heavy atom. The molecule has 4 heteroatoms. The molecule has 0 heterocycles. The summed E-state index contributed by atoms with van der Waals surface area (Å²) in [5, 5.41) is 7.76. The van der Waals surface area contributed by atoms with Gasteiger partial charge in [0.25, 0.3) is 0 Å². The van der Waals surface area contributed by atoms with Crippen LogP contribution < -0.4 is 0 Å². The predicted molar refractivity (Wildman–Crippen MR) is 152 cm³/mol. The van der Waals surface area contributed by atoms with E-state index in [4.69, 9.17) is 9.84 Å². The zero-order valence-electron chi connectivity index (χ0n) is 22.3. The van der Waals surface area contributed by atoms with Crippen molar-refractivity contribution < 1.29 is 19.4 Å². The van der Waals surface area contributed by atoms with E-state index in [1.165, 1.54) is 23.8 Å². The van der Waals surface area contributed by atoms with Gasteiger partial charge in [0.2, 0.25) is 0 Å². The summed E-state index contributed by atoms with van der Waals surface area (Å²) in [5.74, 6) is 0. The number of carbonyl (C=O) groups is 2. The van der Waals surface area contributed by atoms with Crippen molar-refractivity contribution in [3.8, 4) is 0 Å². The minimum absolute atomic E-state index is 0. The molecule has 0 aromatic heterocycles. The van der Waals surface area contributed by atoms with Gasteiger partial charge in [-0.1, -0.05) is 43.4 Å². The van der Waals surface area contributed by atoms with Crippen LogP contribution in [0.4, 0.5) is 0 Å². The number of hydrogen-bond acceptors (Lipinski definition) is 4. The van der Waals surface area contributed by atoms with Crippen LogP contribution in [0.2, 0.25) is 0 Å². The van der Waals surface area contributed by atoms with Gasteiger partial charge in [-0.05, 0) is 91.7 Å². The summed E-state index contributed by atoms with van der Waals surface area (Å²) >= 11 is 0. The van der Waals surface area contributed by atoms with E-state index in [0.717, 1.165) is 28.6 Å². The third-order valence-corrected chi connectivity index (χ3v) is 2.36. The fraction of sp³-hybridized carbons (Fsp3) is 0.400. The number of aliphatic hydroxyl groups is 1. The van der Waals surface area contributed by atoms with Crippen LogP contribution in [0.1, 0.15) is 69.7 Å². The summed E-state index contributed by atoms with van der Waals surface area (Å²) in [4.78, 5) is 19.1. The SMILES string of the molecule is C.C=C(C)/C=C/OCC=C(C)C.C=C=C(C)C.C=CCO.CC(C)=C=CC=O.CC(C)=CC=O. The molecule has 0 saturated carbocycles. The normalized spacial score (nSPS) is 7.35. The molecule has 0 rings (SSSR count). The number of ether oxygens (including phenoxy) is 1. The Labute approximate surface area is 210 Å². The van der Waals surface area contributed by atoms with Crippen LogP contribution in [0.15, 0.2) is 95.7 Å². The fourth-order valence-electron chi connectivity index (χ4n) is 0.771.